The Hall–Kier alpha value is -1.57. The number of hydrogen-bond acceptors (Lipinski definition) is 2. The number of aryl methyl sites for hydroxylation is 1. The maximum atomic E-state index is 13.0. The first-order valence-electron chi connectivity index (χ1n) is 7.86. The topological polar surface area (TPSA) is 30.2 Å². The molecule has 4 rings (SSSR count). The molecule has 0 amide bonds. The lowest BCUT2D eigenvalue weighted by Gasteiger charge is -2.04. The minimum Gasteiger partial charge on any atom is -0.460 e. The molecule has 2 aromatic rings. The average Bonchev–Trinajstić information content (AvgIpc) is 3.10. The average molecular weight is 268 g/mol. The zero-order valence-electron chi connectivity index (χ0n) is 11.9. The van der Waals surface area contributed by atoms with Crippen molar-refractivity contribution in [2.24, 2.45) is 17.8 Å². The van der Waals surface area contributed by atoms with Gasteiger partial charge >= 0.3 is 0 Å². The van der Waals surface area contributed by atoms with Gasteiger partial charge in [-0.15, -0.1) is 0 Å². The second-order valence-electron chi connectivity index (χ2n) is 6.25. The maximum Gasteiger partial charge on any atom is 0.170 e. The van der Waals surface area contributed by atoms with Crippen LogP contribution in [0, 0.1) is 17.8 Å². The summed E-state index contributed by atoms with van der Waals surface area (Å²) >= 11 is 0. The van der Waals surface area contributed by atoms with Crippen LogP contribution in [0.15, 0.2) is 28.7 Å². The maximum absolute atomic E-state index is 13.0. The molecular weight excluding hydrogens is 248 g/mol. The number of Topliss-reactive ketones (excluding diaryl/α,β-unsaturated/α-hetero) is 1. The summed E-state index contributed by atoms with van der Waals surface area (Å²) in [6.07, 6.45) is 5.89. The quantitative estimate of drug-likeness (QED) is 0.761. The van der Waals surface area contributed by atoms with Gasteiger partial charge in [0.05, 0.1) is 5.56 Å². The third-order valence-electron chi connectivity index (χ3n) is 5.20. The zero-order valence-corrected chi connectivity index (χ0v) is 11.9. The second kappa shape index (κ2) is 4.47. The molecule has 0 saturated heterocycles. The molecule has 20 heavy (non-hydrogen) atoms. The minimum absolute atomic E-state index is 0.281. The summed E-state index contributed by atoms with van der Waals surface area (Å²) in [6.45, 7) is 2.06. The molecule has 1 aromatic carbocycles. The summed E-state index contributed by atoms with van der Waals surface area (Å²) in [4.78, 5) is 13.0. The van der Waals surface area contributed by atoms with Crippen LogP contribution >= 0.6 is 0 Å². The van der Waals surface area contributed by atoms with Gasteiger partial charge in [0.1, 0.15) is 11.3 Å². The van der Waals surface area contributed by atoms with E-state index in [4.69, 9.17) is 4.42 Å². The van der Waals surface area contributed by atoms with Crippen LogP contribution in [0.25, 0.3) is 11.0 Å². The van der Waals surface area contributed by atoms with Gasteiger partial charge in [-0.2, -0.15) is 0 Å². The molecule has 2 nitrogen and oxygen atoms in total. The molecule has 0 N–H and O–H groups in total. The summed E-state index contributed by atoms with van der Waals surface area (Å²) < 4.78 is 5.88. The Balaban J connectivity index is 1.76. The summed E-state index contributed by atoms with van der Waals surface area (Å²) in [6, 6.07) is 7.95. The summed E-state index contributed by atoms with van der Waals surface area (Å²) in [5.74, 6) is 2.83. The highest BCUT2D eigenvalue weighted by atomic mass is 16.3. The predicted octanol–water partition coefficient (Wildman–Crippen LogP) is 4.61. The van der Waals surface area contributed by atoms with Crippen molar-refractivity contribution in [2.45, 2.75) is 39.0 Å². The summed E-state index contributed by atoms with van der Waals surface area (Å²) in [5.41, 5.74) is 1.74. The molecule has 1 heterocycles. The Bertz CT molecular complexity index is 655. The first-order chi connectivity index (χ1) is 9.81. The summed E-state index contributed by atoms with van der Waals surface area (Å²) in [7, 11) is 0. The van der Waals surface area contributed by atoms with Crippen molar-refractivity contribution < 1.29 is 9.21 Å². The van der Waals surface area contributed by atoms with Crippen molar-refractivity contribution in [1.82, 2.24) is 0 Å². The molecule has 1 aromatic heterocycles. The first kappa shape index (κ1) is 12.2. The van der Waals surface area contributed by atoms with E-state index >= 15 is 0 Å². The lowest BCUT2D eigenvalue weighted by Crippen LogP contribution is -2.06. The Morgan fingerprint density at radius 2 is 1.90 bits per heavy atom. The van der Waals surface area contributed by atoms with E-state index in [-0.39, 0.29) is 5.92 Å². The lowest BCUT2D eigenvalue weighted by atomic mass is 10.0. The Kier molecular flexibility index (Phi) is 2.73. The number of para-hydroxylation sites is 1. The van der Waals surface area contributed by atoms with Gasteiger partial charge in [0.2, 0.25) is 0 Å². The molecule has 2 atom stereocenters. The van der Waals surface area contributed by atoms with E-state index in [1.807, 2.05) is 24.3 Å². The first-order valence-corrected chi connectivity index (χ1v) is 7.86. The molecule has 2 saturated carbocycles. The molecule has 0 aliphatic heterocycles. The Morgan fingerprint density at radius 3 is 2.60 bits per heavy atom. The number of rotatable bonds is 3. The fourth-order valence-electron chi connectivity index (χ4n) is 4.16. The largest absolute Gasteiger partial charge is 0.460 e. The van der Waals surface area contributed by atoms with Crippen molar-refractivity contribution >= 4 is 16.8 Å². The van der Waals surface area contributed by atoms with Crippen LogP contribution in [-0.4, -0.2) is 5.78 Å². The van der Waals surface area contributed by atoms with E-state index in [9.17, 15) is 4.79 Å². The van der Waals surface area contributed by atoms with Crippen LogP contribution in [0.4, 0.5) is 0 Å². The van der Waals surface area contributed by atoms with Gasteiger partial charge in [-0.05, 0) is 30.7 Å². The monoisotopic (exact) mass is 268 g/mol. The number of ketones is 1. The van der Waals surface area contributed by atoms with E-state index < -0.39 is 0 Å². The molecule has 104 valence electrons. The van der Waals surface area contributed by atoms with Crippen molar-refractivity contribution in [2.75, 3.05) is 0 Å². The van der Waals surface area contributed by atoms with Gasteiger partial charge in [-0.1, -0.05) is 38.0 Å². The van der Waals surface area contributed by atoms with Crippen LogP contribution in [0.3, 0.4) is 0 Å². The van der Waals surface area contributed by atoms with Crippen LogP contribution in [0.5, 0.6) is 0 Å². The van der Waals surface area contributed by atoms with Gasteiger partial charge < -0.3 is 4.42 Å². The van der Waals surface area contributed by atoms with Crippen LogP contribution in [0.2, 0.25) is 0 Å². The van der Waals surface area contributed by atoms with Crippen LogP contribution in [-0.2, 0) is 6.42 Å². The number of furan rings is 1. The van der Waals surface area contributed by atoms with E-state index in [2.05, 4.69) is 6.92 Å². The van der Waals surface area contributed by atoms with Gasteiger partial charge in [0.15, 0.2) is 5.78 Å². The highest BCUT2D eigenvalue weighted by Crippen LogP contribution is 2.57. The normalized spacial score (nSPS) is 28.4. The van der Waals surface area contributed by atoms with E-state index in [1.54, 1.807) is 0 Å². The van der Waals surface area contributed by atoms with Crippen molar-refractivity contribution in [3.05, 3.63) is 35.6 Å². The number of hydrogen-bond donors (Lipinski definition) is 0. The molecule has 2 fully saturated rings. The molecule has 2 aliphatic rings. The molecule has 0 spiro atoms. The number of benzene rings is 1. The minimum atomic E-state index is 0.281. The molecule has 0 bridgehead atoms. The van der Waals surface area contributed by atoms with Gasteiger partial charge in [0.25, 0.3) is 0 Å². The highest BCUT2D eigenvalue weighted by Gasteiger charge is 2.55. The molecule has 2 unspecified atom stereocenters. The van der Waals surface area contributed by atoms with E-state index in [1.165, 1.54) is 25.7 Å². The van der Waals surface area contributed by atoms with Crippen LogP contribution < -0.4 is 0 Å². The van der Waals surface area contributed by atoms with Crippen molar-refractivity contribution in [3.63, 3.8) is 0 Å². The fraction of sp³-hybridized carbons (Fsp3) is 0.500. The number of carbonyl (C=O) groups excluding carboxylic acids is 1. The Morgan fingerprint density at radius 1 is 1.20 bits per heavy atom. The predicted molar refractivity (Wildman–Crippen MR) is 78.9 cm³/mol. The molecule has 0 radical (unpaired) electrons. The highest BCUT2D eigenvalue weighted by molar-refractivity contribution is 6.10. The molecule has 2 aliphatic carbocycles. The van der Waals surface area contributed by atoms with Gasteiger partial charge in [0, 0.05) is 17.7 Å². The van der Waals surface area contributed by atoms with E-state index in [0.717, 1.165) is 28.7 Å². The Labute approximate surface area is 119 Å². The molecular formula is C18H20O2. The fourth-order valence-corrected chi connectivity index (χ4v) is 4.16. The standard InChI is InChI=1S/C18H20O2/c1-2-14-17(13-9-5-6-10-15(13)20-14)18(19)16-11-7-3-4-8-12(11)16/h5-6,9-12,16H,2-4,7-8H2,1H3. The van der Waals surface area contributed by atoms with Crippen molar-refractivity contribution in [3.8, 4) is 0 Å². The van der Waals surface area contributed by atoms with Gasteiger partial charge in [-0.3, -0.25) is 4.79 Å². The number of carbonyl (C=O) groups is 1. The molecule has 2 heteroatoms. The number of fused-ring (bicyclic) bond motifs is 2. The van der Waals surface area contributed by atoms with Gasteiger partial charge in [-0.25, -0.2) is 0 Å². The van der Waals surface area contributed by atoms with E-state index in [0.29, 0.717) is 17.6 Å². The lowest BCUT2D eigenvalue weighted by molar-refractivity contribution is 0.0956. The zero-order chi connectivity index (χ0) is 13.7. The second-order valence-corrected chi connectivity index (χ2v) is 6.25. The van der Waals surface area contributed by atoms with Crippen molar-refractivity contribution in [1.29, 1.82) is 0 Å². The smallest absolute Gasteiger partial charge is 0.170 e. The summed E-state index contributed by atoms with van der Waals surface area (Å²) in [5, 5.41) is 1.01. The third-order valence-corrected chi connectivity index (χ3v) is 5.20. The van der Waals surface area contributed by atoms with Crippen LogP contribution in [0.1, 0.15) is 48.7 Å². The SMILES string of the molecule is CCc1oc2ccccc2c1C(=O)C1C2CCCCC21. The third kappa shape index (κ3) is 1.67.